The first-order valence-electron chi connectivity index (χ1n) is 4.95. The molecule has 1 aromatic heterocycles. The van der Waals surface area contributed by atoms with Gasteiger partial charge in [-0.15, -0.1) is 0 Å². The van der Waals surface area contributed by atoms with Crippen molar-refractivity contribution < 1.29 is 0 Å². The maximum absolute atomic E-state index is 4.50. The number of nitrogens with zero attached hydrogens (tertiary/aromatic N) is 1. The molecular weight excluding hydrogens is 190 g/mol. The van der Waals surface area contributed by atoms with Crippen LogP contribution in [0.2, 0.25) is 0 Å². The molecule has 0 unspecified atom stereocenters. The van der Waals surface area contributed by atoms with Gasteiger partial charge in [-0.1, -0.05) is 30.3 Å². The van der Waals surface area contributed by atoms with Gasteiger partial charge < -0.3 is 0 Å². The lowest BCUT2D eigenvalue weighted by molar-refractivity contribution is 1.07. The van der Waals surface area contributed by atoms with Gasteiger partial charge in [0.2, 0.25) is 0 Å². The summed E-state index contributed by atoms with van der Waals surface area (Å²) in [5.41, 5.74) is 2.59. The van der Waals surface area contributed by atoms with E-state index in [0.29, 0.717) is 0 Å². The zero-order valence-electron chi connectivity index (χ0n) is 7.81. The fourth-order valence-electron chi connectivity index (χ4n) is 1.60. The first kappa shape index (κ1) is 8.18. The number of benzene rings is 1. The summed E-state index contributed by atoms with van der Waals surface area (Å²) in [5, 5.41) is 0. The lowest BCUT2D eigenvalue weighted by Gasteiger charge is -1.92. The van der Waals surface area contributed by atoms with Gasteiger partial charge in [0.15, 0.2) is 0 Å². The van der Waals surface area contributed by atoms with Crippen LogP contribution in [0.1, 0.15) is 24.5 Å². The van der Waals surface area contributed by atoms with Crippen molar-refractivity contribution in [2.75, 3.05) is 0 Å². The number of hydrogen-bond acceptors (Lipinski definition) is 2. The maximum atomic E-state index is 4.50. The summed E-state index contributed by atoms with van der Waals surface area (Å²) in [6.07, 6.45) is 2.66. The van der Waals surface area contributed by atoms with Crippen molar-refractivity contribution in [3.8, 4) is 10.4 Å². The summed E-state index contributed by atoms with van der Waals surface area (Å²) in [5.74, 6) is 0.767. The molecule has 1 aliphatic rings. The summed E-state index contributed by atoms with van der Waals surface area (Å²) in [4.78, 5) is 1.30. The van der Waals surface area contributed by atoms with Crippen molar-refractivity contribution in [1.82, 2.24) is 4.37 Å². The molecule has 2 heteroatoms. The second-order valence-corrected chi connectivity index (χ2v) is 4.56. The zero-order valence-corrected chi connectivity index (χ0v) is 8.63. The van der Waals surface area contributed by atoms with E-state index in [0.717, 1.165) is 5.92 Å². The van der Waals surface area contributed by atoms with Crippen LogP contribution >= 0.6 is 11.5 Å². The van der Waals surface area contributed by atoms with Gasteiger partial charge in [-0.25, -0.2) is 0 Å². The van der Waals surface area contributed by atoms with Crippen molar-refractivity contribution in [2.24, 2.45) is 0 Å². The number of hydrogen-bond donors (Lipinski definition) is 0. The van der Waals surface area contributed by atoms with Gasteiger partial charge in [-0.2, -0.15) is 4.37 Å². The molecule has 0 bridgehead atoms. The molecule has 1 nitrogen and oxygen atoms in total. The normalized spacial score (nSPS) is 15.7. The average Bonchev–Trinajstić information content (AvgIpc) is 2.98. The molecule has 0 aliphatic heterocycles. The van der Waals surface area contributed by atoms with Gasteiger partial charge in [0, 0.05) is 5.92 Å². The lowest BCUT2D eigenvalue weighted by atomic mass is 10.1. The molecule has 14 heavy (non-hydrogen) atoms. The van der Waals surface area contributed by atoms with E-state index in [9.17, 15) is 0 Å². The van der Waals surface area contributed by atoms with E-state index in [1.54, 1.807) is 11.5 Å². The van der Waals surface area contributed by atoms with Gasteiger partial charge >= 0.3 is 0 Å². The Labute approximate surface area is 87.6 Å². The highest BCUT2D eigenvalue weighted by atomic mass is 32.1. The quantitative estimate of drug-likeness (QED) is 0.722. The molecule has 0 N–H and O–H groups in total. The van der Waals surface area contributed by atoms with Gasteiger partial charge in [0.25, 0.3) is 0 Å². The van der Waals surface area contributed by atoms with E-state index in [1.165, 1.54) is 29.0 Å². The van der Waals surface area contributed by atoms with Gasteiger partial charge in [-0.3, -0.25) is 0 Å². The second-order valence-electron chi connectivity index (χ2n) is 3.76. The van der Waals surface area contributed by atoms with Crippen molar-refractivity contribution in [3.05, 3.63) is 42.1 Å². The summed E-state index contributed by atoms with van der Waals surface area (Å²) >= 11 is 1.62. The largest absolute Gasteiger partial charge is 0.197 e. The first-order chi connectivity index (χ1) is 6.93. The molecule has 1 heterocycles. The van der Waals surface area contributed by atoms with E-state index >= 15 is 0 Å². The topological polar surface area (TPSA) is 12.9 Å². The smallest absolute Gasteiger partial charge is 0.0579 e. The molecule has 0 radical (unpaired) electrons. The molecule has 3 rings (SSSR count). The number of rotatable bonds is 2. The Morgan fingerprint density at radius 3 is 2.64 bits per heavy atom. The fraction of sp³-hybridized carbons (Fsp3) is 0.250. The highest BCUT2D eigenvalue weighted by molar-refractivity contribution is 7.09. The van der Waals surface area contributed by atoms with Crippen LogP contribution < -0.4 is 0 Å². The first-order valence-corrected chi connectivity index (χ1v) is 5.73. The maximum Gasteiger partial charge on any atom is 0.0579 e. The van der Waals surface area contributed by atoms with Crippen molar-refractivity contribution >= 4 is 11.5 Å². The Kier molecular flexibility index (Phi) is 1.88. The average molecular weight is 201 g/mol. The molecule has 1 aromatic carbocycles. The molecule has 0 saturated heterocycles. The third-order valence-corrected chi connectivity index (χ3v) is 3.43. The molecule has 0 spiro atoms. The van der Waals surface area contributed by atoms with Gasteiger partial charge in [0.1, 0.15) is 0 Å². The van der Waals surface area contributed by atoms with Crippen molar-refractivity contribution in [1.29, 1.82) is 0 Å². The highest BCUT2D eigenvalue weighted by Gasteiger charge is 2.26. The lowest BCUT2D eigenvalue weighted by Crippen LogP contribution is -1.74. The van der Waals surface area contributed by atoms with Crippen LogP contribution in [-0.4, -0.2) is 4.37 Å². The molecule has 70 valence electrons. The van der Waals surface area contributed by atoms with Crippen LogP contribution in [0, 0.1) is 0 Å². The minimum atomic E-state index is 0.767. The molecule has 1 saturated carbocycles. The summed E-state index contributed by atoms with van der Waals surface area (Å²) in [6.45, 7) is 0. The highest BCUT2D eigenvalue weighted by Crippen LogP contribution is 2.41. The Hall–Kier alpha value is -1.15. The van der Waals surface area contributed by atoms with Crippen LogP contribution in [0.4, 0.5) is 0 Å². The van der Waals surface area contributed by atoms with E-state index in [2.05, 4.69) is 34.7 Å². The van der Waals surface area contributed by atoms with Crippen molar-refractivity contribution in [3.63, 3.8) is 0 Å². The minimum absolute atomic E-state index is 0.767. The monoisotopic (exact) mass is 201 g/mol. The van der Waals surface area contributed by atoms with Crippen LogP contribution in [0.5, 0.6) is 0 Å². The molecule has 1 aliphatic carbocycles. The Morgan fingerprint density at radius 1 is 1.14 bits per heavy atom. The summed E-state index contributed by atoms with van der Waals surface area (Å²) < 4.78 is 4.50. The molecule has 1 fully saturated rings. The molecule has 0 atom stereocenters. The fourth-order valence-corrected chi connectivity index (χ4v) is 2.42. The van der Waals surface area contributed by atoms with E-state index in [-0.39, 0.29) is 0 Å². The van der Waals surface area contributed by atoms with Crippen LogP contribution in [0.25, 0.3) is 10.4 Å². The predicted molar refractivity (Wildman–Crippen MR) is 59.5 cm³/mol. The van der Waals surface area contributed by atoms with Gasteiger partial charge in [-0.05, 0) is 36.0 Å². The van der Waals surface area contributed by atoms with Crippen LogP contribution in [0.3, 0.4) is 0 Å². The van der Waals surface area contributed by atoms with E-state index in [1.807, 2.05) is 6.07 Å². The zero-order chi connectivity index (χ0) is 9.38. The number of aromatic nitrogens is 1. The summed E-state index contributed by atoms with van der Waals surface area (Å²) in [6, 6.07) is 12.7. The Bertz CT molecular complexity index is 429. The van der Waals surface area contributed by atoms with Crippen LogP contribution in [0.15, 0.2) is 36.4 Å². The minimum Gasteiger partial charge on any atom is -0.197 e. The third kappa shape index (κ3) is 1.46. The SMILES string of the molecule is c1ccc(-c2cc(C3CC3)ns2)cc1. The van der Waals surface area contributed by atoms with E-state index < -0.39 is 0 Å². The third-order valence-electron chi connectivity index (χ3n) is 2.58. The Morgan fingerprint density at radius 2 is 1.93 bits per heavy atom. The molecular formula is C12H11NS. The predicted octanol–water partition coefficient (Wildman–Crippen LogP) is 3.69. The van der Waals surface area contributed by atoms with Gasteiger partial charge in [0.05, 0.1) is 10.6 Å². The van der Waals surface area contributed by atoms with Crippen LogP contribution in [-0.2, 0) is 0 Å². The Balaban J connectivity index is 1.96. The standard InChI is InChI=1S/C12H11NS/c1-2-4-10(5-3-1)12-8-11(13-14-12)9-6-7-9/h1-5,8-9H,6-7H2. The summed E-state index contributed by atoms with van der Waals surface area (Å²) in [7, 11) is 0. The molecule has 2 aromatic rings. The molecule has 0 amide bonds. The van der Waals surface area contributed by atoms with E-state index in [4.69, 9.17) is 0 Å². The van der Waals surface area contributed by atoms with Crippen molar-refractivity contribution in [2.45, 2.75) is 18.8 Å². The second kappa shape index (κ2) is 3.21.